The normalized spacial score (nSPS) is 13.1. The Kier molecular flexibility index (Phi) is 7.31. The van der Waals surface area contributed by atoms with E-state index in [1.807, 2.05) is 0 Å². The van der Waals surface area contributed by atoms with Crippen LogP contribution in [-0.4, -0.2) is 0 Å². The third kappa shape index (κ3) is 5.00. The molecule has 0 aliphatic heterocycles. The summed E-state index contributed by atoms with van der Waals surface area (Å²) in [5, 5.41) is 9.65. The lowest BCUT2D eigenvalue weighted by Crippen LogP contribution is -2.16. The quantitative estimate of drug-likeness (QED) is 0.163. The van der Waals surface area contributed by atoms with Gasteiger partial charge in [0.25, 0.3) is 0 Å². The molecule has 0 amide bonds. The molecule has 278 valence electrons. The summed E-state index contributed by atoms with van der Waals surface area (Å²) in [6.07, 6.45) is 0. The minimum absolute atomic E-state index is 0.148. The predicted octanol–water partition coefficient (Wildman–Crippen LogP) is 16.2. The highest BCUT2D eigenvalue weighted by atomic mass is 16.3. The van der Waals surface area contributed by atoms with Gasteiger partial charge in [-0.05, 0) is 108 Å². The van der Waals surface area contributed by atoms with E-state index in [-0.39, 0.29) is 5.41 Å². The van der Waals surface area contributed by atoms with Crippen molar-refractivity contribution in [2.75, 3.05) is 4.90 Å². The maximum absolute atomic E-state index is 6.96. The van der Waals surface area contributed by atoms with Crippen LogP contribution in [0.4, 0.5) is 17.1 Å². The average molecular weight is 754 g/mol. The lowest BCUT2D eigenvalue weighted by Gasteiger charge is -2.30. The number of hydrogen-bond donors (Lipinski definition) is 0. The zero-order valence-corrected chi connectivity index (χ0v) is 32.9. The molecule has 0 radical (unpaired) electrons. The second-order valence-electron chi connectivity index (χ2n) is 16.4. The van der Waals surface area contributed by atoms with Crippen molar-refractivity contribution in [3.8, 4) is 33.4 Å². The molecule has 11 aromatic rings. The van der Waals surface area contributed by atoms with Gasteiger partial charge in [0.15, 0.2) is 0 Å². The molecule has 1 heterocycles. The summed E-state index contributed by atoms with van der Waals surface area (Å²) in [7, 11) is 0. The molecule has 0 bridgehead atoms. The second kappa shape index (κ2) is 12.8. The molecule has 0 saturated carbocycles. The number of para-hydroxylation sites is 1. The second-order valence-corrected chi connectivity index (χ2v) is 16.4. The molecule has 0 N–H and O–H groups in total. The first kappa shape index (κ1) is 33.7. The summed E-state index contributed by atoms with van der Waals surface area (Å²) >= 11 is 0. The van der Waals surface area contributed by atoms with Crippen molar-refractivity contribution < 1.29 is 4.42 Å². The first-order chi connectivity index (χ1) is 29.0. The Morgan fingerprint density at radius 3 is 1.88 bits per heavy atom. The highest BCUT2D eigenvalue weighted by molar-refractivity contribution is 6.19. The first-order valence-corrected chi connectivity index (χ1v) is 20.5. The van der Waals surface area contributed by atoms with Crippen LogP contribution in [0.15, 0.2) is 205 Å². The fourth-order valence-electron chi connectivity index (χ4n) is 10.1. The van der Waals surface area contributed by atoms with Crippen molar-refractivity contribution in [2.24, 2.45) is 0 Å². The van der Waals surface area contributed by atoms with Crippen LogP contribution >= 0.6 is 0 Å². The lowest BCUT2D eigenvalue weighted by atomic mass is 9.82. The smallest absolute Gasteiger partial charge is 0.145 e. The number of benzene rings is 10. The van der Waals surface area contributed by atoms with Crippen LogP contribution in [0.3, 0.4) is 0 Å². The summed E-state index contributed by atoms with van der Waals surface area (Å²) in [6.45, 7) is 4.71. The summed E-state index contributed by atoms with van der Waals surface area (Å²) in [4.78, 5) is 2.48. The predicted molar refractivity (Wildman–Crippen MR) is 249 cm³/mol. The first-order valence-electron chi connectivity index (χ1n) is 20.5. The van der Waals surface area contributed by atoms with Crippen LogP contribution in [0.5, 0.6) is 0 Å². The van der Waals surface area contributed by atoms with Gasteiger partial charge < -0.3 is 9.32 Å². The molecule has 2 heteroatoms. The Morgan fingerprint density at radius 2 is 1.03 bits per heavy atom. The summed E-state index contributed by atoms with van der Waals surface area (Å²) in [5.74, 6) is 0. The van der Waals surface area contributed by atoms with Gasteiger partial charge in [-0.25, -0.2) is 0 Å². The monoisotopic (exact) mass is 753 g/mol. The average Bonchev–Trinajstić information content (AvgIpc) is 3.79. The van der Waals surface area contributed by atoms with E-state index in [2.05, 4.69) is 219 Å². The van der Waals surface area contributed by atoms with Crippen LogP contribution in [0.1, 0.15) is 25.0 Å². The fourth-order valence-corrected chi connectivity index (χ4v) is 10.1. The molecule has 0 atom stereocenters. The highest BCUT2D eigenvalue weighted by Gasteiger charge is 2.38. The van der Waals surface area contributed by atoms with Gasteiger partial charge in [0.2, 0.25) is 0 Å². The molecule has 2 nitrogen and oxygen atoms in total. The molecular weight excluding hydrogens is 715 g/mol. The lowest BCUT2D eigenvalue weighted by molar-refractivity contribution is 0.660. The van der Waals surface area contributed by atoms with Crippen molar-refractivity contribution in [2.45, 2.75) is 19.3 Å². The van der Waals surface area contributed by atoms with Gasteiger partial charge in [-0.1, -0.05) is 172 Å². The molecule has 0 unspecified atom stereocenters. The van der Waals surface area contributed by atoms with E-state index in [0.29, 0.717) is 0 Å². The Morgan fingerprint density at radius 1 is 0.407 bits per heavy atom. The molecule has 1 aliphatic carbocycles. The largest absolute Gasteiger partial charge is 0.455 e. The van der Waals surface area contributed by atoms with Crippen LogP contribution in [0.25, 0.3) is 87.6 Å². The van der Waals surface area contributed by atoms with Crippen LogP contribution in [0.2, 0.25) is 0 Å². The summed E-state index contributed by atoms with van der Waals surface area (Å²) in [6, 6.07) is 73.1. The van der Waals surface area contributed by atoms with E-state index in [4.69, 9.17) is 4.42 Å². The van der Waals surface area contributed by atoms with Gasteiger partial charge in [-0.2, -0.15) is 0 Å². The van der Waals surface area contributed by atoms with Gasteiger partial charge in [0, 0.05) is 27.6 Å². The molecule has 1 aliphatic rings. The number of furan rings is 1. The van der Waals surface area contributed by atoms with E-state index in [0.717, 1.165) is 50.1 Å². The van der Waals surface area contributed by atoms with Crippen molar-refractivity contribution in [3.05, 3.63) is 211 Å². The van der Waals surface area contributed by atoms with Crippen LogP contribution in [-0.2, 0) is 5.41 Å². The van der Waals surface area contributed by atoms with Crippen LogP contribution < -0.4 is 4.90 Å². The molecule has 12 rings (SSSR count). The molecular formula is C57H39NO. The third-order valence-electron chi connectivity index (χ3n) is 12.9. The molecule has 59 heavy (non-hydrogen) atoms. The minimum Gasteiger partial charge on any atom is -0.455 e. The van der Waals surface area contributed by atoms with Crippen molar-refractivity contribution in [1.29, 1.82) is 0 Å². The maximum atomic E-state index is 6.96. The molecule has 1 aromatic heterocycles. The molecule has 10 aromatic carbocycles. The molecule has 0 saturated heterocycles. The highest BCUT2D eigenvalue weighted by Crippen LogP contribution is 2.55. The van der Waals surface area contributed by atoms with Gasteiger partial charge in [-0.3, -0.25) is 0 Å². The van der Waals surface area contributed by atoms with E-state index >= 15 is 0 Å². The van der Waals surface area contributed by atoms with Gasteiger partial charge in [0.05, 0.1) is 16.8 Å². The summed E-state index contributed by atoms with van der Waals surface area (Å²) in [5.41, 5.74) is 14.8. The van der Waals surface area contributed by atoms with Gasteiger partial charge in [-0.15, -0.1) is 0 Å². The number of nitrogens with zero attached hydrogens (tertiary/aromatic N) is 1. The Labute approximate surface area is 343 Å². The van der Waals surface area contributed by atoms with E-state index in [1.165, 1.54) is 65.7 Å². The Bertz CT molecular complexity index is 3470. The topological polar surface area (TPSA) is 16.4 Å². The van der Waals surface area contributed by atoms with E-state index in [9.17, 15) is 0 Å². The standard InChI is InChI=1S/C57H39NO/c1-57(2)49-25-11-9-22-46(49)54-50(57)26-14-27-51(54)58(39-31-29-37(30-32-39)48-35-38-16-4-6-19-41(38)42-20-7-8-21-44(42)48)52-34-33-45(43-24-13-17-36-15-3-5-18-40(36)43)56-55(52)47-23-10-12-28-53(47)59-56/h3-35H,1-2H3. The molecule has 0 fully saturated rings. The fraction of sp³-hybridized carbons (Fsp3) is 0.0526. The van der Waals surface area contributed by atoms with Gasteiger partial charge in [0.1, 0.15) is 11.2 Å². The van der Waals surface area contributed by atoms with Crippen LogP contribution in [0, 0.1) is 0 Å². The van der Waals surface area contributed by atoms with E-state index < -0.39 is 0 Å². The zero-order chi connectivity index (χ0) is 39.2. The minimum atomic E-state index is -0.148. The summed E-state index contributed by atoms with van der Waals surface area (Å²) < 4.78 is 6.96. The van der Waals surface area contributed by atoms with Crippen molar-refractivity contribution >= 4 is 71.3 Å². The number of rotatable bonds is 5. The molecule has 0 spiro atoms. The number of anilines is 3. The third-order valence-corrected chi connectivity index (χ3v) is 12.9. The zero-order valence-electron chi connectivity index (χ0n) is 32.9. The maximum Gasteiger partial charge on any atom is 0.145 e. The van der Waals surface area contributed by atoms with Crippen molar-refractivity contribution in [1.82, 2.24) is 0 Å². The van der Waals surface area contributed by atoms with E-state index in [1.54, 1.807) is 0 Å². The van der Waals surface area contributed by atoms with Crippen molar-refractivity contribution in [3.63, 3.8) is 0 Å². The number of hydrogen-bond acceptors (Lipinski definition) is 2. The Balaban J connectivity index is 1.13. The Hall–Kier alpha value is -7.42. The number of fused-ring (bicyclic) bond motifs is 10. The van der Waals surface area contributed by atoms with Gasteiger partial charge >= 0.3 is 0 Å². The SMILES string of the molecule is CC1(C)c2ccccc2-c2c(N(c3ccc(-c4cc5ccccc5c5ccccc45)cc3)c3ccc(-c4cccc5ccccc45)c4oc5ccccc5c34)cccc21.